The Balaban J connectivity index is 1.81. The van der Waals surface area contributed by atoms with E-state index in [4.69, 9.17) is 5.73 Å². The number of hydrogen-bond acceptors (Lipinski definition) is 4. The smallest absolute Gasteiger partial charge is 0.147 e. The predicted molar refractivity (Wildman–Crippen MR) is 72.1 cm³/mol. The number of nitrogens with two attached hydrogens (primary N) is 1. The van der Waals surface area contributed by atoms with Gasteiger partial charge < -0.3 is 10.6 Å². The number of nitrogens with zero attached hydrogens (tertiary/aromatic N) is 3. The van der Waals surface area contributed by atoms with Gasteiger partial charge in [0.05, 0.1) is 6.20 Å². The lowest BCUT2D eigenvalue weighted by atomic mass is 10.2. The molecule has 1 aliphatic rings. The van der Waals surface area contributed by atoms with Crippen molar-refractivity contribution >= 4 is 11.5 Å². The molecule has 0 atom stereocenters. The molecule has 1 aromatic heterocycles. The molecule has 3 rings (SSSR count). The van der Waals surface area contributed by atoms with Gasteiger partial charge in [0.2, 0.25) is 0 Å². The average Bonchev–Trinajstić information content (AvgIpc) is 3.23. The lowest BCUT2D eigenvalue weighted by Crippen LogP contribution is -2.26. The molecule has 0 aliphatic heterocycles. The molecule has 1 heterocycles. The van der Waals surface area contributed by atoms with E-state index in [2.05, 4.69) is 27.0 Å². The summed E-state index contributed by atoms with van der Waals surface area (Å²) in [4.78, 5) is 10.9. The Bertz CT molecular complexity index is 505. The lowest BCUT2D eigenvalue weighted by Gasteiger charge is -2.23. The van der Waals surface area contributed by atoms with Gasteiger partial charge in [-0.1, -0.05) is 12.1 Å². The van der Waals surface area contributed by atoms with Gasteiger partial charge in [-0.15, -0.1) is 0 Å². The fourth-order valence-corrected chi connectivity index (χ4v) is 2.04. The number of aromatic nitrogens is 2. The number of hydrogen-bond donors (Lipinski definition) is 1. The van der Waals surface area contributed by atoms with E-state index >= 15 is 0 Å². The molecule has 1 aliphatic carbocycles. The van der Waals surface area contributed by atoms with E-state index in [1.165, 1.54) is 18.4 Å². The molecule has 0 saturated heterocycles. The molecule has 2 aromatic rings. The molecule has 1 aromatic carbocycles. The van der Waals surface area contributed by atoms with Crippen molar-refractivity contribution in [1.82, 2.24) is 9.97 Å². The van der Waals surface area contributed by atoms with Crippen LogP contribution in [0.15, 0.2) is 42.9 Å². The van der Waals surface area contributed by atoms with Crippen LogP contribution in [0.25, 0.3) is 0 Å². The molecule has 18 heavy (non-hydrogen) atoms. The van der Waals surface area contributed by atoms with Crippen LogP contribution in [0.4, 0.5) is 11.5 Å². The van der Waals surface area contributed by atoms with Gasteiger partial charge in [-0.3, -0.25) is 4.98 Å². The van der Waals surface area contributed by atoms with Gasteiger partial charge in [0.1, 0.15) is 5.82 Å². The first-order chi connectivity index (χ1) is 8.83. The topological polar surface area (TPSA) is 55.0 Å². The van der Waals surface area contributed by atoms with Crippen LogP contribution >= 0.6 is 0 Å². The van der Waals surface area contributed by atoms with Gasteiger partial charge in [-0.25, -0.2) is 4.98 Å². The highest BCUT2D eigenvalue weighted by molar-refractivity contribution is 5.43. The van der Waals surface area contributed by atoms with Crippen molar-refractivity contribution in [3.05, 3.63) is 48.4 Å². The Labute approximate surface area is 106 Å². The molecule has 0 radical (unpaired) electrons. The van der Waals surface area contributed by atoms with Gasteiger partial charge in [-0.2, -0.15) is 0 Å². The molecule has 0 bridgehead atoms. The molecule has 92 valence electrons. The summed E-state index contributed by atoms with van der Waals surface area (Å²) in [6.45, 7) is 0.865. The Morgan fingerprint density at radius 3 is 2.56 bits per heavy atom. The highest BCUT2D eigenvalue weighted by Crippen LogP contribution is 2.31. The summed E-state index contributed by atoms with van der Waals surface area (Å²) in [6, 6.07) is 8.63. The van der Waals surface area contributed by atoms with E-state index in [1.54, 1.807) is 12.4 Å². The maximum Gasteiger partial charge on any atom is 0.147 e. The molecule has 0 spiro atoms. The second-order valence-electron chi connectivity index (χ2n) is 4.66. The first-order valence-corrected chi connectivity index (χ1v) is 6.20. The van der Waals surface area contributed by atoms with Crippen LogP contribution in [0.5, 0.6) is 0 Å². The van der Waals surface area contributed by atoms with Crippen molar-refractivity contribution in [2.75, 3.05) is 10.6 Å². The minimum atomic E-state index is 0.610. The average molecular weight is 240 g/mol. The second kappa shape index (κ2) is 4.64. The van der Waals surface area contributed by atoms with E-state index in [-0.39, 0.29) is 0 Å². The Kier molecular flexibility index (Phi) is 2.84. The summed E-state index contributed by atoms with van der Waals surface area (Å²) in [5, 5.41) is 0. The van der Waals surface area contributed by atoms with Gasteiger partial charge in [0, 0.05) is 30.7 Å². The van der Waals surface area contributed by atoms with Crippen LogP contribution in [0.1, 0.15) is 18.4 Å². The fraction of sp³-hybridized carbons (Fsp3) is 0.286. The zero-order valence-corrected chi connectivity index (χ0v) is 10.2. The molecule has 0 amide bonds. The lowest BCUT2D eigenvalue weighted by molar-refractivity contribution is 0.774. The highest BCUT2D eigenvalue weighted by Gasteiger charge is 2.30. The van der Waals surface area contributed by atoms with Crippen LogP contribution in [-0.2, 0) is 6.54 Å². The van der Waals surface area contributed by atoms with Crippen LogP contribution in [0, 0.1) is 0 Å². The summed E-state index contributed by atoms with van der Waals surface area (Å²) in [5.41, 5.74) is 7.76. The van der Waals surface area contributed by atoms with Gasteiger partial charge in [-0.05, 0) is 30.5 Å². The molecular formula is C14H16N4. The van der Waals surface area contributed by atoms with E-state index in [9.17, 15) is 0 Å². The van der Waals surface area contributed by atoms with Crippen molar-refractivity contribution < 1.29 is 0 Å². The minimum Gasteiger partial charge on any atom is -0.399 e. The number of benzene rings is 1. The normalized spacial score (nSPS) is 14.4. The molecule has 4 heteroatoms. The maximum atomic E-state index is 5.70. The molecule has 2 N–H and O–H groups in total. The largest absolute Gasteiger partial charge is 0.399 e. The van der Waals surface area contributed by atoms with Crippen molar-refractivity contribution in [3.63, 3.8) is 0 Å². The van der Waals surface area contributed by atoms with E-state index in [0.717, 1.165) is 18.1 Å². The standard InChI is InChI=1S/C14H16N4/c15-12-3-1-11(2-4-12)10-18(13-5-6-13)14-9-16-7-8-17-14/h1-4,7-9,13H,5-6,10,15H2. The Morgan fingerprint density at radius 1 is 1.17 bits per heavy atom. The highest BCUT2D eigenvalue weighted by atomic mass is 15.2. The maximum absolute atomic E-state index is 5.70. The first-order valence-electron chi connectivity index (χ1n) is 6.20. The third-order valence-electron chi connectivity index (χ3n) is 3.16. The first kappa shape index (κ1) is 11.0. The Hall–Kier alpha value is -2.10. The van der Waals surface area contributed by atoms with Gasteiger partial charge >= 0.3 is 0 Å². The van der Waals surface area contributed by atoms with Crippen molar-refractivity contribution in [1.29, 1.82) is 0 Å². The Morgan fingerprint density at radius 2 is 1.94 bits per heavy atom. The van der Waals surface area contributed by atoms with E-state index in [0.29, 0.717) is 6.04 Å². The van der Waals surface area contributed by atoms with Crippen molar-refractivity contribution in [2.45, 2.75) is 25.4 Å². The summed E-state index contributed by atoms with van der Waals surface area (Å²) in [6.07, 6.45) is 7.76. The molecule has 1 fully saturated rings. The zero-order valence-electron chi connectivity index (χ0n) is 10.2. The van der Waals surface area contributed by atoms with Crippen LogP contribution in [0.3, 0.4) is 0 Å². The molecule has 0 unspecified atom stereocenters. The summed E-state index contributed by atoms with van der Waals surface area (Å²) in [7, 11) is 0. The third-order valence-corrected chi connectivity index (χ3v) is 3.16. The molecule has 1 saturated carbocycles. The monoisotopic (exact) mass is 240 g/mol. The third kappa shape index (κ3) is 2.42. The van der Waals surface area contributed by atoms with Crippen molar-refractivity contribution in [2.24, 2.45) is 0 Å². The summed E-state index contributed by atoms with van der Waals surface area (Å²) < 4.78 is 0. The van der Waals surface area contributed by atoms with E-state index < -0.39 is 0 Å². The van der Waals surface area contributed by atoms with E-state index in [1.807, 2.05) is 18.3 Å². The number of nitrogen functional groups attached to an aromatic ring is 1. The minimum absolute atomic E-state index is 0.610. The fourth-order valence-electron chi connectivity index (χ4n) is 2.04. The molecular weight excluding hydrogens is 224 g/mol. The van der Waals surface area contributed by atoms with Crippen molar-refractivity contribution in [3.8, 4) is 0 Å². The number of anilines is 2. The SMILES string of the molecule is Nc1ccc(CN(c2cnccn2)C2CC2)cc1. The van der Waals surface area contributed by atoms with Crippen LogP contribution < -0.4 is 10.6 Å². The second-order valence-corrected chi connectivity index (χ2v) is 4.66. The quantitative estimate of drug-likeness (QED) is 0.833. The van der Waals surface area contributed by atoms with Crippen LogP contribution in [-0.4, -0.2) is 16.0 Å². The summed E-state index contributed by atoms with van der Waals surface area (Å²) in [5.74, 6) is 0.955. The molecule has 4 nitrogen and oxygen atoms in total. The zero-order chi connectivity index (χ0) is 12.4. The van der Waals surface area contributed by atoms with Gasteiger partial charge in [0.15, 0.2) is 0 Å². The predicted octanol–water partition coefficient (Wildman–Crippen LogP) is 2.23. The number of rotatable bonds is 4. The van der Waals surface area contributed by atoms with Crippen LogP contribution in [0.2, 0.25) is 0 Å². The van der Waals surface area contributed by atoms with Gasteiger partial charge in [0.25, 0.3) is 0 Å². The summed E-state index contributed by atoms with van der Waals surface area (Å²) >= 11 is 0.